The molecule has 1 atom stereocenters. The lowest BCUT2D eigenvalue weighted by Crippen LogP contribution is -2.36. The fourth-order valence-electron chi connectivity index (χ4n) is 1.39. The Morgan fingerprint density at radius 2 is 2.10 bits per heavy atom. The molecule has 0 saturated heterocycles. The normalized spacial score (nSPS) is 13.6. The number of hydrogen-bond acceptors (Lipinski definition) is 5. The molecular weight excluding hydrogens is 296 g/mol. The molecule has 114 valence electrons. The van der Waals surface area contributed by atoms with Crippen LogP contribution in [0.25, 0.3) is 0 Å². The summed E-state index contributed by atoms with van der Waals surface area (Å²) in [6.45, 7) is 3.74. The monoisotopic (exact) mass is 318 g/mol. The number of aliphatic hydroxyl groups excluding tert-OH is 1. The van der Waals surface area contributed by atoms with Crippen molar-refractivity contribution in [3.8, 4) is 0 Å². The van der Waals surface area contributed by atoms with E-state index >= 15 is 0 Å². The van der Waals surface area contributed by atoms with Gasteiger partial charge in [0.15, 0.2) is 0 Å². The number of nitrogens with two attached hydrogens (primary N) is 1. The highest BCUT2D eigenvalue weighted by atomic mass is 32.2. The van der Waals surface area contributed by atoms with Crippen molar-refractivity contribution in [3.63, 3.8) is 0 Å². The zero-order chi connectivity index (χ0) is 15.2. The molecule has 0 bridgehead atoms. The van der Waals surface area contributed by atoms with Crippen molar-refractivity contribution in [2.75, 3.05) is 23.8 Å². The number of aliphatic hydroxyl groups is 1. The second-order valence-corrected chi connectivity index (χ2v) is 7.99. The Morgan fingerprint density at radius 1 is 1.40 bits per heavy atom. The van der Waals surface area contributed by atoms with Gasteiger partial charge in [-0.2, -0.15) is 0 Å². The quantitative estimate of drug-likeness (QED) is 0.496. The molecule has 0 saturated carbocycles. The fourth-order valence-corrected chi connectivity index (χ4v) is 3.80. The second-order valence-electron chi connectivity index (χ2n) is 4.90. The summed E-state index contributed by atoms with van der Waals surface area (Å²) in [5.41, 5.74) is 6.32. The molecule has 20 heavy (non-hydrogen) atoms. The average molecular weight is 318 g/mol. The summed E-state index contributed by atoms with van der Waals surface area (Å²) in [6, 6.07) is 7.33. The van der Waals surface area contributed by atoms with E-state index in [2.05, 4.69) is 4.72 Å². The van der Waals surface area contributed by atoms with E-state index in [0.29, 0.717) is 11.4 Å². The molecule has 0 fully saturated rings. The topological polar surface area (TPSA) is 92.4 Å². The van der Waals surface area contributed by atoms with Gasteiger partial charge in [0.25, 0.3) is 0 Å². The molecule has 0 aliphatic heterocycles. The molecule has 0 aliphatic rings. The van der Waals surface area contributed by atoms with Crippen molar-refractivity contribution in [2.24, 2.45) is 5.92 Å². The second kappa shape index (κ2) is 7.87. The minimum Gasteiger partial charge on any atom is -0.399 e. The van der Waals surface area contributed by atoms with Crippen LogP contribution in [-0.4, -0.2) is 37.7 Å². The highest BCUT2D eigenvalue weighted by Gasteiger charge is 2.15. The Balaban J connectivity index is 2.36. The third-order valence-corrected chi connectivity index (χ3v) is 5.36. The number of thioether (sulfide) groups is 1. The van der Waals surface area contributed by atoms with Crippen LogP contribution in [0.4, 0.5) is 5.69 Å². The molecular formula is C13H22N2O3S2. The average Bonchev–Trinajstić information content (AvgIpc) is 2.36. The first-order valence-corrected chi connectivity index (χ1v) is 9.07. The zero-order valence-electron chi connectivity index (χ0n) is 11.7. The van der Waals surface area contributed by atoms with Gasteiger partial charge in [0.1, 0.15) is 0 Å². The summed E-state index contributed by atoms with van der Waals surface area (Å²) in [5.74, 6) is 0.479. The maximum atomic E-state index is 11.8. The maximum absolute atomic E-state index is 11.8. The first kappa shape index (κ1) is 17.3. The summed E-state index contributed by atoms with van der Waals surface area (Å²) in [6.07, 6.45) is -0.661. The number of nitrogen functional groups attached to an aromatic ring is 1. The van der Waals surface area contributed by atoms with Crippen LogP contribution in [0.2, 0.25) is 0 Å². The van der Waals surface area contributed by atoms with Crippen molar-refractivity contribution in [1.29, 1.82) is 0 Å². The standard InChI is InChI=1S/C13H22N2O3S2/c1-10(2)13(16)9-15-20(17,18)7-6-19-12-5-3-4-11(14)8-12/h3-5,8,10,13,15-16H,6-7,9,14H2,1-2H3. The highest BCUT2D eigenvalue weighted by Crippen LogP contribution is 2.20. The van der Waals surface area contributed by atoms with Crippen LogP contribution >= 0.6 is 11.8 Å². The molecule has 1 unspecified atom stereocenters. The molecule has 1 aromatic rings. The molecule has 5 nitrogen and oxygen atoms in total. The highest BCUT2D eigenvalue weighted by molar-refractivity contribution is 8.00. The van der Waals surface area contributed by atoms with E-state index in [-0.39, 0.29) is 18.2 Å². The lowest BCUT2D eigenvalue weighted by Gasteiger charge is -2.15. The van der Waals surface area contributed by atoms with Crippen molar-refractivity contribution in [3.05, 3.63) is 24.3 Å². The Labute approximate surface area is 125 Å². The molecule has 0 aliphatic carbocycles. The maximum Gasteiger partial charge on any atom is 0.212 e. The van der Waals surface area contributed by atoms with Crippen LogP contribution in [0.5, 0.6) is 0 Å². The fraction of sp³-hybridized carbons (Fsp3) is 0.538. The largest absolute Gasteiger partial charge is 0.399 e. The summed E-state index contributed by atoms with van der Waals surface area (Å²) in [5, 5.41) is 9.58. The van der Waals surface area contributed by atoms with Crippen molar-refractivity contribution < 1.29 is 13.5 Å². The molecule has 7 heteroatoms. The van der Waals surface area contributed by atoms with E-state index in [1.807, 2.05) is 32.0 Å². The molecule has 1 aromatic carbocycles. The van der Waals surface area contributed by atoms with Crippen molar-refractivity contribution >= 4 is 27.5 Å². The van der Waals surface area contributed by atoms with Gasteiger partial charge in [-0.1, -0.05) is 19.9 Å². The summed E-state index contributed by atoms with van der Waals surface area (Å²) >= 11 is 1.44. The van der Waals surface area contributed by atoms with E-state index < -0.39 is 16.1 Å². The number of benzene rings is 1. The molecule has 4 N–H and O–H groups in total. The predicted molar refractivity (Wildman–Crippen MR) is 84.2 cm³/mol. The van der Waals surface area contributed by atoms with Crippen LogP contribution in [0, 0.1) is 5.92 Å². The minimum absolute atomic E-state index is 0.0112. The zero-order valence-corrected chi connectivity index (χ0v) is 13.4. The van der Waals surface area contributed by atoms with Crippen molar-refractivity contribution in [2.45, 2.75) is 24.8 Å². The van der Waals surface area contributed by atoms with Gasteiger partial charge in [0.2, 0.25) is 10.0 Å². The van der Waals surface area contributed by atoms with Crippen LogP contribution in [-0.2, 0) is 10.0 Å². The van der Waals surface area contributed by atoms with Gasteiger partial charge in [-0.25, -0.2) is 13.1 Å². The number of rotatable bonds is 8. The van der Waals surface area contributed by atoms with Gasteiger partial charge in [0, 0.05) is 22.9 Å². The number of nitrogens with one attached hydrogen (secondary N) is 1. The molecule has 0 amide bonds. The first-order valence-electron chi connectivity index (χ1n) is 6.44. The lowest BCUT2D eigenvalue weighted by molar-refractivity contribution is 0.129. The van der Waals surface area contributed by atoms with Gasteiger partial charge in [-0.3, -0.25) is 0 Å². The molecule has 0 spiro atoms. The third kappa shape index (κ3) is 6.60. The molecule has 0 radical (unpaired) electrons. The molecule has 0 heterocycles. The lowest BCUT2D eigenvalue weighted by atomic mass is 10.1. The van der Waals surface area contributed by atoms with Gasteiger partial charge < -0.3 is 10.8 Å². The van der Waals surface area contributed by atoms with Gasteiger partial charge in [0.05, 0.1) is 11.9 Å². The summed E-state index contributed by atoms with van der Waals surface area (Å²) < 4.78 is 25.9. The smallest absolute Gasteiger partial charge is 0.212 e. The summed E-state index contributed by atoms with van der Waals surface area (Å²) in [7, 11) is -3.35. The van der Waals surface area contributed by atoms with E-state index in [1.165, 1.54) is 11.8 Å². The Hall–Kier alpha value is -0.760. The van der Waals surface area contributed by atoms with Gasteiger partial charge in [-0.15, -0.1) is 11.8 Å². The third-order valence-electron chi connectivity index (χ3n) is 2.76. The van der Waals surface area contributed by atoms with E-state index in [4.69, 9.17) is 5.73 Å². The molecule has 0 aromatic heterocycles. The van der Waals surface area contributed by atoms with Crippen LogP contribution in [0.15, 0.2) is 29.2 Å². The SMILES string of the molecule is CC(C)C(O)CNS(=O)(=O)CCSc1cccc(N)c1. The number of anilines is 1. The number of sulfonamides is 1. The minimum atomic E-state index is -3.35. The predicted octanol–water partition coefficient (Wildman–Crippen LogP) is 1.30. The van der Waals surface area contributed by atoms with Crippen molar-refractivity contribution in [1.82, 2.24) is 4.72 Å². The Kier molecular flexibility index (Phi) is 6.81. The first-order chi connectivity index (χ1) is 9.30. The van der Waals surface area contributed by atoms with E-state index in [0.717, 1.165) is 4.90 Å². The van der Waals surface area contributed by atoms with E-state index in [1.54, 1.807) is 6.07 Å². The van der Waals surface area contributed by atoms with Gasteiger partial charge >= 0.3 is 0 Å². The van der Waals surface area contributed by atoms with Crippen LogP contribution in [0.3, 0.4) is 0 Å². The Bertz CT molecular complexity index is 518. The van der Waals surface area contributed by atoms with E-state index in [9.17, 15) is 13.5 Å². The summed E-state index contributed by atoms with van der Waals surface area (Å²) in [4.78, 5) is 0.947. The van der Waals surface area contributed by atoms with Gasteiger partial charge in [-0.05, 0) is 24.1 Å². The van der Waals surface area contributed by atoms with Crippen LogP contribution < -0.4 is 10.5 Å². The van der Waals surface area contributed by atoms with Crippen LogP contribution in [0.1, 0.15) is 13.8 Å². The molecule has 1 rings (SSSR count). The Morgan fingerprint density at radius 3 is 2.70 bits per heavy atom. The number of hydrogen-bond donors (Lipinski definition) is 3.